The first-order chi connectivity index (χ1) is 5.37. The van der Waals surface area contributed by atoms with E-state index in [4.69, 9.17) is 0 Å². The van der Waals surface area contributed by atoms with Gasteiger partial charge in [-0.05, 0) is 13.0 Å². The number of urea groups is 1. The second-order valence-electron chi connectivity index (χ2n) is 2.81. The number of nitrogens with one attached hydrogen (secondary N) is 2. The van der Waals surface area contributed by atoms with Crippen LogP contribution in [0.3, 0.4) is 0 Å². The molecule has 3 N–H and O–H groups in total. The summed E-state index contributed by atoms with van der Waals surface area (Å²) in [6.07, 6.45) is 1.24. The topological polar surface area (TPSA) is 64.6 Å². The second-order valence-corrected chi connectivity index (χ2v) is 2.81. The first kappa shape index (κ1) is 10.9. The second kappa shape index (κ2) is 4.08. The first-order valence-electron chi connectivity index (χ1n) is 3.49. The number of hydrazine groups is 1. The van der Waals surface area contributed by atoms with E-state index < -0.39 is 11.8 Å². The van der Waals surface area contributed by atoms with Crippen molar-refractivity contribution in [3.05, 3.63) is 12.7 Å². The van der Waals surface area contributed by atoms with Gasteiger partial charge in [-0.25, -0.2) is 9.80 Å². The van der Waals surface area contributed by atoms with Crippen LogP contribution in [-0.4, -0.2) is 36.0 Å². The van der Waals surface area contributed by atoms with Crippen LogP contribution in [0.1, 0.15) is 6.92 Å². The van der Waals surface area contributed by atoms with Gasteiger partial charge in [0.15, 0.2) is 5.72 Å². The van der Waals surface area contributed by atoms with E-state index in [2.05, 4.69) is 17.3 Å². The number of rotatable bonds is 3. The lowest BCUT2D eigenvalue weighted by molar-refractivity contribution is 0.0800. The third-order valence-electron chi connectivity index (χ3n) is 1.09. The minimum atomic E-state index is -1.37. The molecule has 12 heavy (non-hydrogen) atoms. The molecule has 0 aromatic rings. The van der Waals surface area contributed by atoms with Crippen molar-refractivity contribution in [2.24, 2.45) is 0 Å². The average molecular weight is 173 g/mol. The van der Waals surface area contributed by atoms with Gasteiger partial charge in [-0.15, -0.1) is 0 Å². The van der Waals surface area contributed by atoms with Crippen LogP contribution in [0.4, 0.5) is 4.79 Å². The highest BCUT2D eigenvalue weighted by atomic mass is 16.3. The van der Waals surface area contributed by atoms with Crippen LogP contribution in [0, 0.1) is 0 Å². The molecule has 0 aliphatic heterocycles. The van der Waals surface area contributed by atoms with Gasteiger partial charge in [0, 0.05) is 14.1 Å². The molecule has 0 aliphatic rings. The van der Waals surface area contributed by atoms with Gasteiger partial charge in [-0.2, -0.15) is 0 Å². The Labute approximate surface area is 72.0 Å². The minimum absolute atomic E-state index is 0.482. The molecule has 0 aromatic carbocycles. The van der Waals surface area contributed by atoms with Gasteiger partial charge in [0.05, 0.1) is 0 Å². The number of hydrogen-bond donors (Lipinski definition) is 3. The highest BCUT2D eigenvalue weighted by Gasteiger charge is 2.17. The normalized spacial score (nSPS) is 15.1. The van der Waals surface area contributed by atoms with E-state index in [0.29, 0.717) is 0 Å². The lowest BCUT2D eigenvalue weighted by Crippen LogP contribution is -2.52. The largest absolute Gasteiger partial charge is 0.368 e. The third kappa shape index (κ3) is 4.70. The van der Waals surface area contributed by atoms with Crippen molar-refractivity contribution in [3.63, 3.8) is 0 Å². The highest BCUT2D eigenvalue weighted by molar-refractivity contribution is 5.74. The van der Waals surface area contributed by atoms with Gasteiger partial charge >= 0.3 is 6.03 Å². The molecular formula is C7H15N3O2. The number of amides is 2. The van der Waals surface area contributed by atoms with Crippen LogP contribution in [0.15, 0.2) is 12.7 Å². The summed E-state index contributed by atoms with van der Waals surface area (Å²) in [5.41, 5.74) is 1.03. The molecule has 0 saturated carbocycles. The van der Waals surface area contributed by atoms with Crippen molar-refractivity contribution in [2.45, 2.75) is 12.6 Å². The van der Waals surface area contributed by atoms with E-state index in [9.17, 15) is 9.90 Å². The summed E-state index contributed by atoms with van der Waals surface area (Å²) < 4.78 is 0. The summed E-state index contributed by atoms with van der Waals surface area (Å²) in [5.74, 6) is 0. The molecule has 0 unspecified atom stereocenters. The summed E-state index contributed by atoms with van der Waals surface area (Å²) in [6.45, 7) is 4.78. The van der Waals surface area contributed by atoms with Crippen LogP contribution in [0.2, 0.25) is 0 Å². The van der Waals surface area contributed by atoms with E-state index in [-0.39, 0.29) is 0 Å². The molecule has 0 radical (unpaired) electrons. The third-order valence-corrected chi connectivity index (χ3v) is 1.09. The molecule has 0 heterocycles. The Morgan fingerprint density at radius 3 is 2.50 bits per heavy atom. The zero-order valence-corrected chi connectivity index (χ0v) is 7.59. The maximum absolute atomic E-state index is 11.0. The Balaban J connectivity index is 3.92. The maximum atomic E-state index is 11.0. The van der Waals surface area contributed by atoms with Crippen molar-refractivity contribution in [1.82, 2.24) is 15.8 Å². The van der Waals surface area contributed by atoms with Crippen LogP contribution < -0.4 is 10.7 Å². The lowest BCUT2D eigenvalue weighted by Gasteiger charge is -2.22. The fourth-order valence-electron chi connectivity index (χ4n) is 0.512. The van der Waals surface area contributed by atoms with Crippen LogP contribution in [0.25, 0.3) is 0 Å². The van der Waals surface area contributed by atoms with Crippen molar-refractivity contribution in [2.75, 3.05) is 14.1 Å². The molecule has 70 valence electrons. The maximum Gasteiger partial charge on any atom is 0.331 e. The number of carbonyl (C=O) groups is 1. The van der Waals surface area contributed by atoms with E-state index in [0.717, 1.165) is 0 Å². The van der Waals surface area contributed by atoms with Gasteiger partial charge in [-0.1, -0.05) is 6.58 Å². The van der Waals surface area contributed by atoms with Crippen LogP contribution >= 0.6 is 0 Å². The smallest absolute Gasteiger partial charge is 0.331 e. The molecule has 1 atom stereocenters. The van der Waals surface area contributed by atoms with E-state index >= 15 is 0 Å². The van der Waals surface area contributed by atoms with E-state index in [1.54, 1.807) is 14.1 Å². The fourth-order valence-corrected chi connectivity index (χ4v) is 0.512. The van der Waals surface area contributed by atoms with Crippen LogP contribution in [-0.2, 0) is 0 Å². The zero-order valence-electron chi connectivity index (χ0n) is 7.59. The van der Waals surface area contributed by atoms with Crippen molar-refractivity contribution in [1.29, 1.82) is 0 Å². The summed E-state index contributed by atoms with van der Waals surface area (Å²) in [4.78, 5) is 11.0. The fraction of sp³-hybridized carbons (Fsp3) is 0.571. The summed E-state index contributed by atoms with van der Waals surface area (Å²) in [5, 5.41) is 13.0. The summed E-state index contributed by atoms with van der Waals surface area (Å²) in [6, 6.07) is -0.482. The molecule has 0 aromatic heterocycles. The predicted octanol–water partition coefficient (Wildman–Crippen LogP) is -0.343. The minimum Gasteiger partial charge on any atom is -0.368 e. The standard InChI is InChI=1S/C7H15N3O2/c1-5-7(2,12)8-6(11)9-10(3)4/h5,12H,1H2,2-4H3,(H2,8,9,11)/t7-/m0/s1. The predicted molar refractivity (Wildman–Crippen MR) is 46.2 cm³/mol. The van der Waals surface area contributed by atoms with Crippen molar-refractivity contribution >= 4 is 6.03 Å². The molecule has 0 bridgehead atoms. The quantitative estimate of drug-likeness (QED) is 0.311. The lowest BCUT2D eigenvalue weighted by atomic mass is 10.3. The number of carbonyl (C=O) groups excluding carboxylic acids is 1. The summed E-state index contributed by atoms with van der Waals surface area (Å²) in [7, 11) is 3.34. The number of nitrogens with zero attached hydrogens (tertiary/aromatic N) is 1. The summed E-state index contributed by atoms with van der Waals surface area (Å²) >= 11 is 0. The molecule has 2 amide bonds. The van der Waals surface area contributed by atoms with Gasteiger partial charge in [0.2, 0.25) is 0 Å². The van der Waals surface area contributed by atoms with Crippen molar-refractivity contribution in [3.8, 4) is 0 Å². The molecule has 0 fully saturated rings. The monoisotopic (exact) mass is 173 g/mol. The Morgan fingerprint density at radius 1 is 1.67 bits per heavy atom. The molecular weight excluding hydrogens is 158 g/mol. The highest BCUT2D eigenvalue weighted by Crippen LogP contribution is 1.96. The zero-order chi connectivity index (χ0) is 9.78. The SMILES string of the molecule is C=C[C@](C)(O)NC(=O)NN(C)C. The molecule has 0 spiro atoms. The Bertz CT molecular complexity index is 177. The number of aliphatic hydroxyl groups is 1. The Morgan fingerprint density at radius 2 is 2.17 bits per heavy atom. The van der Waals surface area contributed by atoms with Gasteiger partial charge in [0.1, 0.15) is 0 Å². The van der Waals surface area contributed by atoms with E-state index in [1.165, 1.54) is 18.0 Å². The Hall–Kier alpha value is -1.07. The number of hydrogen-bond acceptors (Lipinski definition) is 3. The van der Waals surface area contributed by atoms with E-state index in [1.807, 2.05) is 0 Å². The molecule has 0 rings (SSSR count). The van der Waals surface area contributed by atoms with Crippen LogP contribution in [0.5, 0.6) is 0 Å². The van der Waals surface area contributed by atoms with Gasteiger partial charge in [0.25, 0.3) is 0 Å². The molecule has 5 nitrogen and oxygen atoms in total. The Kier molecular flexibility index (Phi) is 3.72. The van der Waals surface area contributed by atoms with Gasteiger partial charge in [-0.3, -0.25) is 5.43 Å². The molecule has 5 heteroatoms. The van der Waals surface area contributed by atoms with Crippen molar-refractivity contribution < 1.29 is 9.90 Å². The average Bonchev–Trinajstić information content (AvgIpc) is 1.84. The first-order valence-corrected chi connectivity index (χ1v) is 3.49. The van der Waals surface area contributed by atoms with Gasteiger partial charge < -0.3 is 10.4 Å². The molecule has 0 aliphatic carbocycles. The molecule has 0 saturated heterocycles.